The number of hydrogen-bond donors (Lipinski definition) is 1. The van der Waals surface area contributed by atoms with E-state index >= 15 is 0 Å². The van der Waals surface area contributed by atoms with Crippen molar-refractivity contribution < 1.29 is 4.74 Å². The van der Waals surface area contributed by atoms with Crippen LogP contribution in [0.5, 0.6) is 5.75 Å². The van der Waals surface area contributed by atoms with E-state index in [4.69, 9.17) is 10.5 Å². The molecule has 3 rings (SSSR count). The fourth-order valence-electron chi connectivity index (χ4n) is 2.16. The lowest BCUT2D eigenvalue weighted by Gasteiger charge is -2.00. The first-order valence-electron chi connectivity index (χ1n) is 6.70. The molecule has 0 aliphatic carbocycles. The molecule has 0 saturated heterocycles. The highest BCUT2D eigenvalue weighted by Gasteiger charge is 1.95. The Kier molecular flexibility index (Phi) is 3.49. The summed E-state index contributed by atoms with van der Waals surface area (Å²) < 4.78 is 5.13. The van der Waals surface area contributed by atoms with Crippen molar-refractivity contribution in [2.24, 2.45) is 0 Å². The molecule has 0 unspecified atom stereocenters. The number of fused-ring (bicyclic) bond motifs is 1. The average Bonchev–Trinajstić information content (AvgIpc) is 2.53. The molecule has 0 atom stereocenters. The molecule has 0 saturated carbocycles. The predicted octanol–water partition coefficient (Wildman–Crippen LogP) is 3.83. The van der Waals surface area contributed by atoms with Gasteiger partial charge < -0.3 is 10.5 Å². The summed E-state index contributed by atoms with van der Waals surface area (Å²) in [5.74, 6) is 7.18. The number of rotatable bonds is 1. The molecule has 0 heterocycles. The Morgan fingerprint density at radius 1 is 0.762 bits per heavy atom. The molecule has 0 bridgehead atoms. The van der Waals surface area contributed by atoms with E-state index in [0.29, 0.717) is 0 Å². The highest BCUT2D eigenvalue weighted by Crippen LogP contribution is 2.18. The zero-order valence-corrected chi connectivity index (χ0v) is 11.8. The van der Waals surface area contributed by atoms with Crippen molar-refractivity contribution in [3.63, 3.8) is 0 Å². The standard InChI is InChI=1S/C19H15NO/c1-21-19-10-5-14(6-11-19)2-3-15-4-7-17-13-18(20)9-8-16(17)12-15/h4-13H,20H2,1H3. The summed E-state index contributed by atoms with van der Waals surface area (Å²) in [5.41, 5.74) is 8.51. The van der Waals surface area contributed by atoms with Gasteiger partial charge in [0, 0.05) is 16.8 Å². The average molecular weight is 273 g/mol. The van der Waals surface area contributed by atoms with Crippen LogP contribution in [0.2, 0.25) is 0 Å². The lowest BCUT2D eigenvalue weighted by molar-refractivity contribution is 0.415. The Balaban J connectivity index is 1.90. The van der Waals surface area contributed by atoms with E-state index in [0.717, 1.165) is 33.3 Å². The summed E-state index contributed by atoms with van der Waals surface area (Å²) in [5, 5.41) is 2.27. The van der Waals surface area contributed by atoms with Gasteiger partial charge in [0.2, 0.25) is 0 Å². The van der Waals surface area contributed by atoms with E-state index in [1.165, 1.54) is 0 Å². The van der Waals surface area contributed by atoms with Crippen molar-refractivity contribution in [2.75, 3.05) is 12.8 Å². The minimum atomic E-state index is 0.777. The van der Waals surface area contributed by atoms with Gasteiger partial charge in [-0.15, -0.1) is 0 Å². The van der Waals surface area contributed by atoms with Gasteiger partial charge in [0.1, 0.15) is 5.75 Å². The molecular formula is C19H15NO. The Morgan fingerprint density at radius 3 is 2.14 bits per heavy atom. The van der Waals surface area contributed by atoms with E-state index in [1.54, 1.807) is 7.11 Å². The molecule has 2 N–H and O–H groups in total. The summed E-state index contributed by atoms with van der Waals surface area (Å²) in [6, 6.07) is 19.7. The van der Waals surface area contributed by atoms with Crippen molar-refractivity contribution in [3.8, 4) is 17.6 Å². The molecule has 0 radical (unpaired) electrons. The Labute approximate surface area is 124 Å². The van der Waals surface area contributed by atoms with Crippen LogP contribution in [-0.2, 0) is 0 Å². The van der Waals surface area contributed by atoms with Crippen molar-refractivity contribution in [1.29, 1.82) is 0 Å². The zero-order valence-electron chi connectivity index (χ0n) is 11.8. The topological polar surface area (TPSA) is 35.2 Å². The summed E-state index contributed by atoms with van der Waals surface area (Å²) >= 11 is 0. The second kappa shape index (κ2) is 5.60. The van der Waals surface area contributed by atoms with Crippen molar-refractivity contribution in [3.05, 3.63) is 71.8 Å². The maximum absolute atomic E-state index is 5.78. The first kappa shape index (κ1) is 13.1. The molecule has 0 aliphatic rings. The highest BCUT2D eigenvalue weighted by molar-refractivity contribution is 5.86. The van der Waals surface area contributed by atoms with Crippen molar-refractivity contribution in [1.82, 2.24) is 0 Å². The van der Waals surface area contributed by atoms with Crippen LogP contribution < -0.4 is 10.5 Å². The smallest absolute Gasteiger partial charge is 0.118 e. The summed E-state index contributed by atoms with van der Waals surface area (Å²) in [7, 11) is 1.66. The van der Waals surface area contributed by atoms with Crippen LogP contribution in [0.3, 0.4) is 0 Å². The Morgan fingerprint density at radius 2 is 1.38 bits per heavy atom. The van der Waals surface area contributed by atoms with E-state index < -0.39 is 0 Å². The van der Waals surface area contributed by atoms with Crippen LogP contribution >= 0.6 is 0 Å². The SMILES string of the molecule is COc1ccc(C#Cc2ccc3cc(N)ccc3c2)cc1. The van der Waals surface area contributed by atoms with Gasteiger partial charge in [-0.2, -0.15) is 0 Å². The molecule has 0 spiro atoms. The van der Waals surface area contributed by atoms with Gasteiger partial charge in [-0.3, -0.25) is 0 Å². The molecule has 0 aromatic heterocycles. The van der Waals surface area contributed by atoms with Crippen LogP contribution in [0.1, 0.15) is 11.1 Å². The molecule has 0 amide bonds. The summed E-state index contributed by atoms with van der Waals surface area (Å²) in [6.45, 7) is 0. The predicted molar refractivity (Wildman–Crippen MR) is 87.3 cm³/mol. The van der Waals surface area contributed by atoms with Crippen molar-refractivity contribution in [2.45, 2.75) is 0 Å². The molecule has 3 aromatic carbocycles. The quantitative estimate of drug-likeness (QED) is 0.540. The first-order chi connectivity index (χ1) is 10.2. The monoisotopic (exact) mass is 273 g/mol. The van der Waals surface area contributed by atoms with Crippen molar-refractivity contribution >= 4 is 16.5 Å². The normalized spacial score (nSPS) is 9.95. The van der Waals surface area contributed by atoms with Gasteiger partial charge in [-0.1, -0.05) is 24.0 Å². The Bertz CT molecular complexity index is 839. The third-order valence-electron chi connectivity index (χ3n) is 3.31. The van der Waals surface area contributed by atoms with E-state index in [9.17, 15) is 0 Å². The van der Waals surface area contributed by atoms with Crippen LogP contribution in [0.15, 0.2) is 60.7 Å². The molecule has 2 heteroatoms. The molecule has 3 aromatic rings. The summed E-state index contributed by atoms with van der Waals surface area (Å²) in [4.78, 5) is 0. The van der Waals surface area contributed by atoms with Crippen LogP contribution in [0.4, 0.5) is 5.69 Å². The summed E-state index contributed by atoms with van der Waals surface area (Å²) in [6.07, 6.45) is 0. The Hall–Kier alpha value is -2.92. The molecule has 0 aliphatic heterocycles. The molecular weight excluding hydrogens is 258 g/mol. The van der Waals surface area contributed by atoms with Crippen LogP contribution in [-0.4, -0.2) is 7.11 Å². The fraction of sp³-hybridized carbons (Fsp3) is 0.0526. The zero-order chi connectivity index (χ0) is 14.7. The lowest BCUT2D eigenvalue weighted by Crippen LogP contribution is -1.84. The second-order valence-corrected chi connectivity index (χ2v) is 4.80. The highest BCUT2D eigenvalue weighted by atomic mass is 16.5. The largest absolute Gasteiger partial charge is 0.497 e. The lowest BCUT2D eigenvalue weighted by atomic mass is 10.1. The number of benzene rings is 3. The fourth-order valence-corrected chi connectivity index (χ4v) is 2.16. The van der Waals surface area contributed by atoms with Crippen LogP contribution in [0, 0.1) is 11.8 Å². The molecule has 2 nitrogen and oxygen atoms in total. The molecule has 21 heavy (non-hydrogen) atoms. The van der Waals surface area contributed by atoms with Gasteiger partial charge in [0.05, 0.1) is 7.11 Å². The number of ether oxygens (including phenoxy) is 1. The van der Waals surface area contributed by atoms with Gasteiger partial charge in [0.25, 0.3) is 0 Å². The minimum absolute atomic E-state index is 0.777. The van der Waals surface area contributed by atoms with Gasteiger partial charge in [-0.25, -0.2) is 0 Å². The van der Waals surface area contributed by atoms with Crippen LogP contribution in [0.25, 0.3) is 10.8 Å². The second-order valence-electron chi connectivity index (χ2n) is 4.80. The van der Waals surface area contributed by atoms with E-state index in [-0.39, 0.29) is 0 Å². The molecule has 102 valence electrons. The number of methoxy groups -OCH3 is 1. The van der Waals surface area contributed by atoms with E-state index in [1.807, 2.05) is 54.6 Å². The molecule has 0 fully saturated rings. The third kappa shape index (κ3) is 2.98. The number of hydrogen-bond acceptors (Lipinski definition) is 2. The first-order valence-corrected chi connectivity index (χ1v) is 6.70. The maximum Gasteiger partial charge on any atom is 0.118 e. The number of nitrogen functional groups attached to an aromatic ring is 1. The number of nitrogens with two attached hydrogens (primary N) is 1. The third-order valence-corrected chi connectivity index (χ3v) is 3.31. The minimum Gasteiger partial charge on any atom is -0.497 e. The van der Waals surface area contributed by atoms with Gasteiger partial charge in [-0.05, 0) is 59.3 Å². The van der Waals surface area contributed by atoms with E-state index in [2.05, 4.69) is 17.9 Å². The maximum atomic E-state index is 5.78. The van der Waals surface area contributed by atoms with Gasteiger partial charge in [0.15, 0.2) is 0 Å². The number of anilines is 1. The van der Waals surface area contributed by atoms with Gasteiger partial charge >= 0.3 is 0 Å².